The third kappa shape index (κ3) is 4.77. The zero-order valence-electron chi connectivity index (χ0n) is 20.2. The Bertz CT molecular complexity index is 459. The Balaban J connectivity index is 0.000000162. The molecule has 0 aromatic carbocycles. The van der Waals surface area contributed by atoms with Crippen LogP contribution >= 0.6 is 0 Å². The third-order valence-electron chi connectivity index (χ3n) is 8.01. The van der Waals surface area contributed by atoms with Crippen LogP contribution in [0.1, 0.15) is 68.2 Å². The van der Waals surface area contributed by atoms with E-state index in [9.17, 15) is 0 Å². The molecule has 0 bridgehead atoms. The number of hydrogen-bond donors (Lipinski definition) is 0. The van der Waals surface area contributed by atoms with Gasteiger partial charge in [-0.25, -0.2) is 0 Å². The molecule has 4 aliphatic rings. The van der Waals surface area contributed by atoms with Crippen LogP contribution in [0.5, 0.6) is 0 Å². The first-order valence-corrected chi connectivity index (χ1v) is 12.0. The number of hydrogen-bond acceptors (Lipinski definition) is 4. The second-order valence-corrected chi connectivity index (χ2v) is 11.6. The van der Waals surface area contributed by atoms with E-state index in [0.717, 1.165) is 24.2 Å². The van der Waals surface area contributed by atoms with Crippen molar-refractivity contribution < 1.29 is 0 Å². The molecule has 4 rings (SSSR count). The molecule has 0 amide bonds. The molecule has 0 aromatic heterocycles. The van der Waals surface area contributed by atoms with E-state index in [1.165, 1.54) is 65.2 Å². The zero-order chi connectivity index (χ0) is 20.7. The van der Waals surface area contributed by atoms with E-state index in [-0.39, 0.29) is 0 Å². The van der Waals surface area contributed by atoms with Gasteiger partial charge in [0.2, 0.25) is 0 Å². The van der Waals surface area contributed by atoms with Gasteiger partial charge in [0.05, 0.1) is 0 Å². The number of likely N-dealkylation sites (tertiary alicyclic amines) is 4. The molecule has 2 spiro atoms. The van der Waals surface area contributed by atoms with E-state index in [1.807, 2.05) is 0 Å². The minimum Gasteiger partial charge on any atom is -0.301 e. The van der Waals surface area contributed by atoms with Crippen LogP contribution in [0.15, 0.2) is 0 Å². The Morgan fingerprint density at radius 2 is 0.714 bits per heavy atom. The number of nitrogens with zero attached hydrogens (tertiary/aromatic N) is 4. The molecule has 0 atom stereocenters. The smallest absolute Gasteiger partial charge is 0.0212 e. The van der Waals surface area contributed by atoms with E-state index >= 15 is 0 Å². The molecule has 164 valence electrons. The van der Waals surface area contributed by atoms with Crippen LogP contribution in [-0.2, 0) is 0 Å². The molecule has 28 heavy (non-hydrogen) atoms. The van der Waals surface area contributed by atoms with Gasteiger partial charge in [0, 0.05) is 68.9 Å². The van der Waals surface area contributed by atoms with Crippen LogP contribution in [-0.4, -0.2) is 96.1 Å². The van der Waals surface area contributed by atoms with Crippen LogP contribution in [0.4, 0.5) is 0 Å². The SMILES string of the molecule is CC(C)N1CC2(C1)CN(C(C)C)C2.CC(C)N1CCC2(CC1)CN(C(C)C)C2. The lowest BCUT2D eigenvalue weighted by Crippen LogP contribution is -2.73. The summed E-state index contributed by atoms with van der Waals surface area (Å²) < 4.78 is 0. The Morgan fingerprint density at radius 3 is 1.00 bits per heavy atom. The van der Waals surface area contributed by atoms with Gasteiger partial charge in [-0.1, -0.05) is 0 Å². The van der Waals surface area contributed by atoms with Gasteiger partial charge in [-0.05, 0) is 86.7 Å². The average molecular weight is 393 g/mol. The molecule has 4 saturated heterocycles. The van der Waals surface area contributed by atoms with Crippen molar-refractivity contribution in [2.24, 2.45) is 10.8 Å². The predicted molar refractivity (Wildman–Crippen MR) is 121 cm³/mol. The highest BCUT2D eigenvalue weighted by Crippen LogP contribution is 2.42. The maximum Gasteiger partial charge on any atom is 0.0212 e. The first-order valence-electron chi connectivity index (χ1n) is 12.0. The molecule has 4 heteroatoms. The molecule has 4 fully saturated rings. The zero-order valence-corrected chi connectivity index (χ0v) is 20.2. The van der Waals surface area contributed by atoms with Crippen LogP contribution in [0.25, 0.3) is 0 Å². The molecule has 0 aliphatic carbocycles. The standard InChI is InChI=1S/C13H26N2.C11H22N2/c1-11(2)14-7-5-13(6-8-14)9-15(10-13)12(3)4;1-9(2)12-5-11(6-12)7-13(8-11)10(3)4/h11-12H,5-10H2,1-4H3;9-10H,5-8H2,1-4H3. The summed E-state index contributed by atoms with van der Waals surface area (Å²) in [6, 6.07) is 2.99. The second-order valence-electron chi connectivity index (χ2n) is 11.6. The van der Waals surface area contributed by atoms with E-state index < -0.39 is 0 Å². The molecule has 4 nitrogen and oxygen atoms in total. The van der Waals surface area contributed by atoms with Crippen molar-refractivity contribution in [1.29, 1.82) is 0 Å². The fourth-order valence-corrected chi connectivity index (χ4v) is 5.57. The molecule has 0 N–H and O–H groups in total. The minimum atomic E-state index is 0.703. The summed E-state index contributed by atoms with van der Waals surface area (Å²) in [6.07, 6.45) is 2.85. The van der Waals surface area contributed by atoms with Crippen molar-refractivity contribution in [3.63, 3.8) is 0 Å². The highest BCUT2D eigenvalue weighted by molar-refractivity contribution is 5.06. The summed E-state index contributed by atoms with van der Waals surface area (Å²) in [5.74, 6) is 0. The minimum absolute atomic E-state index is 0.703. The van der Waals surface area contributed by atoms with Gasteiger partial charge in [0.1, 0.15) is 0 Å². The maximum atomic E-state index is 2.63. The summed E-state index contributed by atoms with van der Waals surface area (Å²) in [5, 5.41) is 0. The van der Waals surface area contributed by atoms with Crippen molar-refractivity contribution in [3.05, 3.63) is 0 Å². The fourth-order valence-electron chi connectivity index (χ4n) is 5.57. The first kappa shape index (κ1) is 22.5. The predicted octanol–water partition coefficient (Wildman–Crippen LogP) is 3.62. The van der Waals surface area contributed by atoms with Gasteiger partial charge in [-0.3, -0.25) is 14.7 Å². The Kier molecular flexibility index (Phi) is 6.86. The fraction of sp³-hybridized carbons (Fsp3) is 1.00. The summed E-state index contributed by atoms with van der Waals surface area (Å²) in [4.78, 5) is 10.4. The molecular formula is C24H48N4. The third-order valence-corrected chi connectivity index (χ3v) is 8.01. The lowest BCUT2D eigenvalue weighted by Gasteiger charge is -2.62. The van der Waals surface area contributed by atoms with Crippen LogP contribution in [0.3, 0.4) is 0 Å². The first-order chi connectivity index (χ1) is 13.0. The normalized spacial score (nSPS) is 27.9. The average Bonchev–Trinajstić information content (AvgIpc) is 2.49. The number of piperidine rings is 1. The van der Waals surface area contributed by atoms with Crippen molar-refractivity contribution in [3.8, 4) is 0 Å². The van der Waals surface area contributed by atoms with Gasteiger partial charge < -0.3 is 4.90 Å². The summed E-state index contributed by atoms with van der Waals surface area (Å²) in [7, 11) is 0. The van der Waals surface area contributed by atoms with E-state index in [4.69, 9.17) is 0 Å². The Hall–Kier alpha value is -0.160. The van der Waals surface area contributed by atoms with Crippen LogP contribution in [0, 0.1) is 10.8 Å². The molecule has 0 radical (unpaired) electrons. The van der Waals surface area contributed by atoms with Crippen LogP contribution in [0.2, 0.25) is 0 Å². The summed E-state index contributed by atoms with van der Waals surface area (Å²) in [6.45, 7) is 29.2. The van der Waals surface area contributed by atoms with Crippen molar-refractivity contribution in [1.82, 2.24) is 19.6 Å². The van der Waals surface area contributed by atoms with Crippen molar-refractivity contribution in [2.75, 3.05) is 52.4 Å². The molecule has 0 aromatic rings. The van der Waals surface area contributed by atoms with Crippen molar-refractivity contribution in [2.45, 2.75) is 92.4 Å². The summed E-state index contributed by atoms with van der Waals surface area (Å²) >= 11 is 0. The topological polar surface area (TPSA) is 13.0 Å². The molecular weight excluding hydrogens is 344 g/mol. The van der Waals surface area contributed by atoms with Crippen LogP contribution < -0.4 is 0 Å². The van der Waals surface area contributed by atoms with Gasteiger partial charge >= 0.3 is 0 Å². The van der Waals surface area contributed by atoms with E-state index in [0.29, 0.717) is 10.8 Å². The summed E-state index contributed by atoms with van der Waals surface area (Å²) in [5.41, 5.74) is 1.41. The number of rotatable bonds is 4. The maximum absolute atomic E-state index is 2.63. The van der Waals surface area contributed by atoms with Gasteiger partial charge in [-0.2, -0.15) is 0 Å². The molecule has 0 saturated carbocycles. The highest BCUT2D eigenvalue weighted by atomic mass is 15.3. The monoisotopic (exact) mass is 392 g/mol. The second kappa shape index (κ2) is 8.53. The van der Waals surface area contributed by atoms with Gasteiger partial charge in [0.25, 0.3) is 0 Å². The van der Waals surface area contributed by atoms with E-state index in [2.05, 4.69) is 75.0 Å². The van der Waals surface area contributed by atoms with Gasteiger partial charge in [0.15, 0.2) is 0 Å². The molecule has 4 aliphatic heterocycles. The highest BCUT2D eigenvalue weighted by Gasteiger charge is 2.52. The Morgan fingerprint density at radius 1 is 0.429 bits per heavy atom. The molecule has 4 heterocycles. The largest absolute Gasteiger partial charge is 0.301 e. The quantitative estimate of drug-likeness (QED) is 0.724. The van der Waals surface area contributed by atoms with Crippen molar-refractivity contribution >= 4 is 0 Å². The Labute approximate surface area is 175 Å². The lowest BCUT2D eigenvalue weighted by molar-refractivity contribution is -0.135. The molecule has 0 unspecified atom stereocenters. The van der Waals surface area contributed by atoms with E-state index in [1.54, 1.807) is 0 Å². The van der Waals surface area contributed by atoms with Gasteiger partial charge in [-0.15, -0.1) is 0 Å². The lowest BCUT2D eigenvalue weighted by atomic mass is 9.71.